The van der Waals surface area contributed by atoms with Gasteiger partial charge >= 0.3 is 0 Å². The summed E-state index contributed by atoms with van der Waals surface area (Å²) in [5, 5.41) is 0. The van der Waals surface area contributed by atoms with Crippen LogP contribution in [0.5, 0.6) is 0 Å². The molecule has 0 unspecified atom stereocenters. The van der Waals surface area contributed by atoms with E-state index in [0.29, 0.717) is 0 Å². The van der Waals surface area contributed by atoms with Gasteiger partial charge in [-0.25, -0.2) is 0 Å². The van der Waals surface area contributed by atoms with E-state index in [1.165, 1.54) is 5.56 Å². The summed E-state index contributed by atoms with van der Waals surface area (Å²) in [6.07, 6.45) is 3.77. The average Bonchev–Trinajstić information content (AvgIpc) is 2.19. The third-order valence-corrected chi connectivity index (χ3v) is 0.969. The molecule has 1 aromatic rings. The fourth-order valence-electron chi connectivity index (χ4n) is 0.586. The number of aromatic nitrogens is 1. The highest BCUT2D eigenvalue weighted by atomic mass is 15.2. The van der Waals surface area contributed by atoms with Gasteiger partial charge < -0.3 is 4.98 Å². The van der Waals surface area contributed by atoms with Gasteiger partial charge in [0.25, 0.3) is 0 Å². The second-order valence-electron chi connectivity index (χ2n) is 1.60. The van der Waals surface area contributed by atoms with E-state index in [2.05, 4.69) is 10.4 Å². The maximum absolute atomic E-state index is 5.06. The van der Waals surface area contributed by atoms with Gasteiger partial charge in [0.2, 0.25) is 0 Å². The Balaban J connectivity index is 2.50. The Morgan fingerprint density at radius 3 is 3.12 bits per heavy atom. The van der Waals surface area contributed by atoms with E-state index in [4.69, 9.17) is 5.84 Å². The van der Waals surface area contributed by atoms with Crippen LogP contribution in [0.4, 0.5) is 0 Å². The summed E-state index contributed by atoms with van der Waals surface area (Å²) in [6.45, 7) is 0.726. The van der Waals surface area contributed by atoms with Crippen LogP contribution >= 0.6 is 0 Å². The minimum Gasteiger partial charge on any atom is -0.367 e. The molecule has 4 N–H and O–H groups in total. The van der Waals surface area contributed by atoms with E-state index in [1.807, 2.05) is 18.5 Å². The van der Waals surface area contributed by atoms with Crippen LogP contribution in [0, 0.1) is 0 Å². The van der Waals surface area contributed by atoms with Crippen LogP contribution in [0.1, 0.15) is 5.56 Å². The van der Waals surface area contributed by atoms with Crippen molar-refractivity contribution in [2.45, 2.75) is 6.54 Å². The van der Waals surface area contributed by atoms with Crippen molar-refractivity contribution in [1.82, 2.24) is 10.4 Å². The quantitative estimate of drug-likeness (QED) is 0.371. The van der Waals surface area contributed by atoms with Gasteiger partial charge in [-0.1, -0.05) is 0 Å². The molecule has 0 aliphatic rings. The number of nitrogens with one attached hydrogen (secondary N) is 2. The monoisotopic (exact) mass is 111 g/mol. The van der Waals surface area contributed by atoms with Crippen LogP contribution in [0.25, 0.3) is 0 Å². The van der Waals surface area contributed by atoms with Crippen molar-refractivity contribution in [3.8, 4) is 0 Å². The van der Waals surface area contributed by atoms with Crippen molar-refractivity contribution < 1.29 is 0 Å². The predicted molar refractivity (Wildman–Crippen MR) is 31.8 cm³/mol. The standard InChI is InChI=1S/C5H9N3/c6-8-4-5-1-2-7-3-5/h1-3,7-8H,4,6H2. The van der Waals surface area contributed by atoms with Gasteiger partial charge in [-0.3, -0.25) is 11.3 Å². The highest BCUT2D eigenvalue weighted by molar-refractivity contribution is 5.07. The average molecular weight is 111 g/mol. The Morgan fingerprint density at radius 2 is 2.62 bits per heavy atom. The lowest BCUT2D eigenvalue weighted by molar-refractivity contribution is 0.742. The van der Waals surface area contributed by atoms with Gasteiger partial charge in [-0.2, -0.15) is 0 Å². The fraction of sp³-hybridized carbons (Fsp3) is 0.200. The molecule has 1 heterocycles. The molecule has 0 spiro atoms. The van der Waals surface area contributed by atoms with Crippen molar-refractivity contribution in [2.24, 2.45) is 5.84 Å². The zero-order chi connectivity index (χ0) is 5.82. The Labute approximate surface area is 47.9 Å². The summed E-state index contributed by atoms with van der Waals surface area (Å²) in [7, 11) is 0. The summed E-state index contributed by atoms with van der Waals surface area (Å²) in [5.74, 6) is 5.06. The smallest absolute Gasteiger partial charge is 0.0363 e. The molecular formula is C5H9N3. The number of H-pyrrole nitrogens is 1. The molecule has 1 rings (SSSR count). The van der Waals surface area contributed by atoms with Crippen LogP contribution in [0.15, 0.2) is 18.5 Å². The van der Waals surface area contributed by atoms with Gasteiger partial charge in [0.05, 0.1) is 0 Å². The van der Waals surface area contributed by atoms with E-state index in [0.717, 1.165) is 6.54 Å². The predicted octanol–water partition coefficient (Wildman–Crippen LogP) is -0.0220. The maximum Gasteiger partial charge on any atom is 0.0363 e. The van der Waals surface area contributed by atoms with Gasteiger partial charge in [0.1, 0.15) is 0 Å². The topological polar surface area (TPSA) is 53.8 Å². The molecule has 44 valence electrons. The van der Waals surface area contributed by atoms with Gasteiger partial charge in [-0.05, 0) is 11.6 Å². The minimum absolute atomic E-state index is 0.726. The lowest BCUT2D eigenvalue weighted by Crippen LogP contribution is -2.20. The molecule has 0 aromatic carbocycles. The van der Waals surface area contributed by atoms with E-state index in [1.54, 1.807) is 0 Å². The van der Waals surface area contributed by atoms with E-state index >= 15 is 0 Å². The number of hydrogen-bond acceptors (Lipinski definition) is 2. The first-order valence-electron chi connectivity index (χ1n) is 2.48. The molecule has 0 bridgehead atoms. The fourth-order valence-corrected chi connectivity index (χ4v) is 0.586. The minimum atomic E-state index is 0.726. The molecule has 3 nitrogen and oxygen atoms in total. The third kappa shape index (κ3) is 1.08. The Hall–Kier alpha value is -0.800. The number of hydrogen-bond donors (Lipinski definition) is 3. The molecule has 0 atom stereocenters. The summed E-state index contributed by atoms with van der Waals surface area (Å²) in [6, 6.07) is 1.97. The van der Waals surface area contributed by atoms with Gasteiger partial charge in [-0.15, -0.1) is 0 Å². The van der Waals surface area contributed by atoms with Crippen LogP contribution in [-0.2, 0) is 6.54 Å². The molecule has 0 radical (unpaired) electrons. The molecule has 3 heteroatoms. The van der Waals surface area contributed by atoms with Crippen molar-refractivity contribution in [3.63, 3.8) is 0 Å². The molecule has 0 aliphatic carbocycles. The van der Waals surface area contributed by atoms with Crippen molar-refractivity contribution >= 4 is 0 Å². The molecule has 0 amide bonds. The number of hydrazine groups is 1. The first kappa shape index (κ1) is 5.34. The van der Waals surface area contributed by atoms with Crippen molar-refractivity contribution in [1.29, 1.82) is 0 Å². The van der Waals surface area contributed by atoms with Crippen LogP contribution < -0.4 is 11.3 Å². The first-order valence-corrected chi connectivity index (χ1v) is 2.48. The summed E-state index contributed by atoms with van der Waals surface area (Å²) in [5.41, 5.74) is 3.72. The zero-order valence-corrected chi connectivity index (χ0v) is 4.52. The molecule has 0 aliphatic heterocycles. The van der Waals surface area contributed by atoms with Gasteiger partial charge in [0.15, 0.2) is 0 Å². The van der Waals surface area contributed by atoms with E-state index in [-0.39, 0.29) is 0 Å². The second-order valence-corrected chi connectivity index (χ2v) is 1.60. The second kappa shape index (κ2) is 2.49. The summed E-state index contributed by atoms with van der Waals surface area (Å²) < 4.78 is 0. The first-order chi connectivity index (χ1) is 3.93. The molecule has 0 fully saturated rings. The number of aromatic amines is 1. The summed E-state index contributed by atoms with van der Waals surface area (Å²) in [4.78, 5) is 2.92. The largest absolute Gasteiger partial charge is 0.367 e. The number of rotatable bonds is 2. The van der Waals surface area contributed by atoms with Gasteiger partial charge in [0, 0.05) is 18.9 Å². The summed E-state index contributed by atoms with van der Waals surface area (Å²) >= 11 is 0. The number of nitrogens with two attached hydrogens (primary N) is 1. The highest BCUT2D eigenvalue weighted by Gasteiger charge is 1.85. The molecule has 0 saturated carbocycles. The van der Waals surface area contributed by atoms with E-state index in [9.17, 15) is 0 Å². The molecule has 1 aromatic heterocycles. The van der Waals surface area contributed by atoms with Crippen LogP contribution in [-0.4, -0.2) is 4.98 Å². The highest BCUT2D eigenvalue weighted by Crippen LogP contribution is 1.92. The normalized spacial score (nSPS) is 9.62. The van der Waals surface area contributed by atoms with Crippen molar-refractivity contribution in [2.75, 3.05) is 0 Å². The Kier molecular flexibility index (Phi) is 1.66. The lowest BCUT2D eigenvalue weighted by atomic mass is 10.3. The Bertz CT molecular complexity index is 133. The maximum atomic E-state index is 5.06. The Morgan fingerprint density at radius 1 is 1.75 bits per heavy atom. The SMILES string of the molecule is NNCc1cc[nH]c1. The molecule has 8 heavy (non-hydrogen) atoms. The third-order valence-electron chi connectivity index (χ3n) is 0.969. The van der Waals surface area contributed by atoms with Crippen LogP contribution in [0.3, 0.4) is 0 Å². The zero-order valence-electron chi connectivity index (χ0n) is 4.52. The van der Waals surface area contributed by atoms with E-state index < -0.39 is 0 Å². The lowest BCUT2D eigenvalue weighted by Gasteiger charge is -1.89. The van der Waals surface area contributed by atoms with Crippen molar-refractivity contribution in [3.05, 3.63) is 24.0 Å². The molecule has 0 saturated heterocycles. The van der Waals surface area contributed by atoms with Crippen LogP contribution in [0.2, 0.25) is 0 Å². The molecular weight excluding hydrogens is 102 g/mol.